The Labute approximate surface area is 135 Å². The highest BCUT2D eigenvalue weighted by molar-refractivity contribution is 6.04. The van der Waals surface area contributed by atoms with Crippen molar-refractivity contribution in [1.82, 2.24) is 5.01 Å². The normalized spacial score (nSPS) is 18.6. The molecule has 2 aliphatic rings. The zero-order valence-electron chi connectivity index (χ0n) is 13.2. The number of para-hydroxylation sites is 1. The van der Waals surface area contributed by atoms with Crippen LogP contribution in [0.5, 0.6) is 17.2 Å². The van der Waals surface area contributed by atoms with E-state index in [9.17, 15) is 0 Å². The van der Waals surface area contributed by atoms with E-state index in [4.69, 9.17) is 19.3 Å². The maximum atomic E-state index is 5.78. The van der Waals surface area contributed by atoms with Crippen LogP contribution in [-0.2, 0) is 0 Å². The molecule has 0 aliphatic carbocycles. The molecule has 0 N–H and O–H groups in total. The fourth-order valence-electron chi connectivity index (χ4n) is 3.17. The first kappa shape index (κ1) is 13.9. The summed E-state index contributed by atoms with van der Waals surface area (Å²) < 4.78 is 16.6. The number of rotatable bonds is 3. The number of hydrogen-bond donors (Lipinski definition) is 0. The molecular weight excluding hydrogens is 292 g/mol. The molecule has 4 rings (SSSR count). The van der Waals surface area contributed by atoms with E-state index in [-0.39, 0.29) is 6.04 Å². The highest BCUT2D eigenvalue weighted by Crippen LogP contribution is 2.41. The topological polar surface area (TPSA) is 43.3 Å². The minimum atomic E-state index is 0.224. The van der Waals surface area contributed by atoms with Crippen LogP contribution in [0.3, 0.4) is 0 Å². The van der Waals surface area contributed by atoms with Gasteiger partial charge in [-0.2, -0.15) is 5.10 Å². The van der Waals surface area contributed by atoms with Crippen LogP contribution in [0, 0.1) is 0 Å². The molecule has 0 spiro atoms. The van der Waals surface area contributed by atoms with Crippen molar-refractivity contribution in [3.05, 3.63) is 53.6 Å². The fraction of sp³-hybridized carbons (Fsp3) is 0.278. The number of hydrogen-bond acceptors (Lipinski definition) is 5. The number of hydrazone groups is 1. The van der Waals surface area contributed by atoms with Gasteiger partial charge in [0.05, 0.1) is 26.0 Å². The maximum absolute atomic E-state index is 5.78. The van der Waals surface area contributed by atoms with Gasteiger partial charge in [0, 0.05) is 23.6 Å². The summed E-state index contributed by atoms with van der Waals surface area (Å²) in [6, 6.07) is 14.2. The summed E-state index contributed by atoms with van der Waals surface area (Å²) in [5.41, 5.74) is 3.19. The average Bonchev–Trinajstić information content (AvgIpc) is 3.05. The zero-order chi connectivity index (χ0) is 15.8. The standard InChI is InChI=1S/C18H18N2O3/c1-21-12-7-8-13(18(9-12)22-2)15-10-16-14-5-3-4-6-17(14)23-11-20(16)19-15/h3-9,16H,10-11H2,1-2H3/t16-/m1/s1. The van der Waals surface area contributed by atoms with Crippen LogP contribution in [0.1, 0.15) is 23.6 Å². The van der Waals surface area contributed by atoms with Crippen molar-refractivity contribution in [3.63, 3.8) is 0 Å². The van der Waals surface area contributed by atoms with Crippen molar-refractivity contribution in [2.24, 2.45) is 5.10 Å². The highest BCUT2D eigenvalue weighted by atomic mass is 16.5. The van der Waals surface area contributed by atoms with Crippen LogP contribution < -0.4 is 14.2 Å². The summed E-state index contributed by atoms with van der Waals surface area (Å²) in [6.45, 7) is 0.476. The van der Waals surface area contributed by atoms with Crippen molar-refractivity contribution in [1.29, 1.82) is 0 Å². The Morgan fingerprint density at radius 2 is 2.00 bits per heavy atom. The van der Waals surface area contributed by atoms with Crippen molar-refractivity contribution < 1.29 is 14.2 Å². The van der Waals surface area contributed by atoms with Crippen molar-refractivity contribution in [3.8, 4) is 17.2 Å². The molecular formula is C18H18N2O3. The SMILES string of the molecule is COc1ccc(C2=NN3COc4ccccc4[C@H]3C2)c(OC)c1. The smallest absolute Gasteiger partial charge is 0.177 e. The number of benzene rings is 2. The average molecular weight is 310 g/mol. The predicted octanol–water partition coefficient (Wildman–Crippen LogP) is 3.20. The molecule has 0 radical (unpaired) electrons. The van der Waals surface area contributed by atoms with Gasteiger partial charge in [-0.1, -0.05) is 18.2 Å². The van der Waals surface area contributed by atoms with Crippen LogP contribution >= 0.6 is 0 Å². The highest BCUT2D eigenvalue weighted by Gasteiger charge is 2.34. The third kappa shape index (κ3) is 2.29. The maximum Gasteiger partial charge on any atom is 0.177 e. The summed E-state index contributed by atoms with van der Waals surface area (Å²) >= 11 is 0. The van der Waals surface area contributed by atoms with E-state index in [1.807, 2.05) is 41.4 Å². The summed E-state index contributed by atoms with van der Waals surface area (Å²) in [6.07, 6.45) is 0.836. The van der Waals surface area contributed by atoms with E-state index in [2.05, 4.69) is 6.07 Å². The summed E-state index contributed by atoms with van der Waals surface area (Å²) in [5, 5.41) is 6.75. The van der Waals surface area contributed by atoms with Crippen LogP contribution in [-0.4, -0.2) is 31.7 Å². The fourth-order valence-corrected chi connectivity index (χ4v) is 3.17. The summed E-state index contributed by atoms with van der Waals surface area (Å²) in [7, 11) is 3.32. The van der Waals surface area contributed by atoms with Gasteiger partial charge in [-0.15, -0.1) is 0 Å². The molecule has 0 unspecified atom stereocenters. The molecule has 5 heteroatoms. The van der Waals surface area contributed by atoms with E-state index < -0.39 is 0 Å². The Kier molecular flexibility index (Phi) is 3.33. The lowest BCUT2D eigenvalue weighted by Crippen LogP contribution is -2.29. The van der Waals surface area contributed by atoms with Gasteiger partial charge < -0.3 is 14.2 Å². The lowest BCUT2D eigenvalue weighted by Gasteiger charge is -2.30. The number of nitrogens with zero attached hydrogens (tertiary/aromatic N) is 2. The second kappa shape index (κ2) is 5.50. The third-order valence-corrected chi connectivity index (χ3v) is 4.35. The quantitative estimate of drug-likeness (QED) is 0.873. The zero-order valence-corrected chi connectivity index (χ0v) is 13.2. The second-order valence-electron chi connectivity index (χ2n) is 5.58. The lowest BCUT2D eigenvalue weighted by molar-refractivity contribution is 0.0750. The Morgan fingerprint density at radius 3 is 2.83 bits per heavy atom. The van der Waals surface area contributed by atoms with Gasteiger partial charge in [0.2, 0.25) is 0 Å². The molecule has 0 saturated heterocycles. The molecule has 2 aromatic carbocycles. The first-order valence-electron chi connectivity index (χ1n) is 7.58. The molecule has 2 aromatic rings. The number of methoxy groups -OCH3 is 2. The summed E-state index contributed by atoms with van der Waals surface area (Å²) in [5.74, 6) is 2.50. The van der Waals surface area contributed by atoms with E-state index >= 15 is 0 Å². The van der Waals surface area contributed by atoms with Crippen LogP contribution in [0.25, 0.3) is 0 Å². The van der Waals surface area contributed by atoms with E-state index in [1.165, 1.54) is 5.56 Å². The van der Waals surface area contributed by atoms with Crippen molar-refractivity contribution >= 4 is 5.71 Å². The minimum Gasteiger partial charge on any atom is -0.497 e. The van der Waals surface area contributed by atoms with E-state index in [1.54, 1.807) is 14.2 Å². The molecule has 23 heavy (non-hydrogen) atoms. The van der Waals surface area contributed by atoms with Crippen LogP contribution in [0.2, 0.25) is 0 Å². The number of ether oxygens (including phenoxy) is 3. The first-order valence-corrected chi connectivity index (χ1v) is 7.58. The Morgan fingerprint density at radius 1 is 1.13 bits per heavy atom. The number of fused-ring (bicyclic) bond motifs is 3. The van der Waals surface area contributed by atoms with E-state index in [0.29, 0.717) is 6.73 Å². The molecule has 0 saturated carbocycles. The second-order valence-corrected chi connectivity index (χ2v) is 5.58. The van der Waals surface area contributed by atoms with Gasteiger partial charge in [-0.3, -0.25) is 5.01 Å². The Bertz CT molecular complexity index is 773. The van der Waals surface area contributed by atoms with Crippen molar-refractivity contribution in [2.45, 2.75) is 12.5 Å². The van der Waals surface area contributed by atoms with Gasteiger partial charge in [0.15, 0.2) is 6.73 Å². The van der Waals surface area contributed by atoms with Gasteiger partial charge in [0.25, 0.3) is 0 Å². The van der Waals surface area contributed by atoms with Crippen molar-refractivity contribution in [2.75, 3.05) is 21.0 Å². The van der Waals surface area contributed by atoms with Gasteiger partial charge in [-0.25, -0.2) is 0 Å². The molecule has 1 atom stereocenters. The van der Waals surface area contributed by atoms with Crippen LogP contribution in [0.15, 0.2) is 47.6 Å². The Hall–Kier alpha value is -2.69. The van der Waals surface area contributed by atoms with Gasteiger partial charge in [-0.05, 0) is 18.2 Å². The third-order valence-electron chi connectivity index (χ3n) is 4.35. The van der Waals surface area contributed by atoms with Gasteiger partial charge >= 0.3 is 0 Å². The molecule has 0 fully saturated rings. The molecule has 2 aliphatic heterocycles. The molecule has 0 amide bonds. The first-order chi connectivity index (χ1) is 11.3. The van der Waals surface area contributed by atoms with E-state index in [0.717, 1.165) is 34.9 Å². The largest absolute Gasteiger partial charge is 0.497 e. The Balaban J connectivity index is 1.69. The minimum absolute atomic E-state index is 0.224. The predicted molar refractivity (Wildman–Crippen MR) is 87.2 cm³/mol. The monoisotopic (exact) mass is 310 g/mol. The molecule has 0 bridgehead atoms. The molecule has 118 valence electrons. The molecule has 0 aromatic heterocycles. The molecule has 2 heterocycles. The van der Waals surface area contributed by atoms with Crippen LogP contribution in [0.4, 0.5) is 0 Å². The summed E-state index contributed by atoms with van der Waals surface area (Å²) in [4.78, 5) is 0. The van der Waals surface area contributed by atoms with Gasteiger partial charge in [0.1, 0.15) is 17.2 Å². The molecule has 5 nitrogen and oxygen atoms in total. The lowest BCUT2D eigenvalue weighted by atomic mass is 9.97.